The van der Waals surface area contributed by atoms with E-state index in [9.17, 15) is 97.1 Å². The molecule has 0 spiro atoms. The number of benzene rings is 1. The number of imidazole rings is 1. The van der Waals surface area contributed by atoms with Gasteiger partial charge in [-0.05, 0) is 101 Å². The van der Waals surface area contributed by atoms with E-state index >= 15 is 0 Å². The maximum Gasteiger partial charge on any atom is 0.326 e. The molecule has 118 heavy (non-hydrogen) atoms. The number of nitrogens with zero attached hydrogens (tertiary/aromatic N) is 4. The summed E-state index contributed by atoms with van der Waals surface area (Å²) in [6, 6.07) is -12.8. The van der Waals surface area contributed by atoms with E-state index in [4.69, 9.17) is 17.2 Å². The molecule has 658 valence electrons. The van der Waals surface area contributed by atoms with Crippen LogP contribution in [0.5, 0.6) is 0 Å². The Morgan fingerprint density at radius 1 is 0.517 bits per heavy atom. The van der Waals surface area contributed by atoms with Gasteiger partial charge in [0.15, 0.2) is 5.96 Å². The zero-order valence-corrected chi connectivity index (χ0v) is 70.2. The van der Waals surface area contributed by atoms with Gasteiger partial charge in [0, 0.05) is 55.9 Å². The van der Waals surface area contributed by atoms with Gasteiger partial charge in [-0.1, -0.05) is 85.7 Å². The molecule has 2 fully saturated rings. The number of carbonyl (C=O) groups excluding carboxylic acids is 15. The predicted octanol–water partition coefficient (Wildman–Crippen LogP) is -6.39. The quantitative estimate of drug-likeness (QED) is 0.0127. The summed E-state index contributed by atoms with van der Waals surface area (Å²) in [5.74, 6) is -17.6. The van der Waals surface area contributed by atoms with Crippen LogP contribution in [0, 0.1) is 23.7 Å². The number of aromatic amines is 1. The molecular weight excluding hydrogens is 1580 g/mol. The molecule has 2 aliphatic heterocycles. The standard InChI is InChI=1S/C75H121N21O20S2/c1-36(2)26-46(63(104)92-57(39(7)8)74(115)116)85-62(103)49(29-44-30-79-35-82-44)88-71(112)59(42(11)99)93-64(105)47(27-37(3)4)86-66(107)51(33-117)83-55(100)31-81-60(101)45(20-15-23-80-75(77)78)84-70(111)58(41(10)98)94-67(108)52(34-118)90-65(106)50(32-97)89-61(102)48(28-43-18-13-12-14-19-43)87-68(109)53-21-17-25-96(53)73(114)56(38(5)6)91-69(110)54-22-16-24-95(54)72(113)40(9)76/h12-14,18-19,30,35-42,45-54,56-59,97-99,117-118H,15-17,20-29,31-34,76H2,1-11H3,(H,79,82)(H,81,101)(H,83,100)(H,84,111)(H,85,103)(H,86,107)(H,87,109)(H,88,112)(H,89,102)(H,90,106)(H,91,110)(H,92,104)(H,93,105)(H,94,108)(H,115,116)(H4,77,78,80)/t40-,41+,42+,45-,46-,47-,48-,49-,50-,51-,52-,53-,54-,56-,57-,58-,59-/m0/s1. The number of rotatable bonds is 48. The van der Waals surface area contributed by atoms with Gasteiger partial charge in [-0.3, -0.25) is 76.9 Å². The molecule has 0 aliphatic carbocycles. The van der Waals surface area contributed by atoms with Gasteiger partial charge >= 0.3 is 5.97 Å². The third kappa shape index (κ3) is 31.9. The van der Waals surface area contributed by atoms with E-state index in [-0.39, 0.29) is 75.8 Å². The molecular formula is C75H121N21O20S2. The highest BCUT2D eigenvalue weighted by molar-refractivity contribution is 7.80. The number of carboxylic acid groups (broad SMARTS) is 1. The first-order valence-electron chi connectivity index (χ1n) is 39.3. The number of nitrogens with one attached hydrogen (secondary N) is 14. The Hall–Kier alpha value is -10.2. The SMILES string of the molecule is CC(C)C[C@H](NC(=O)[C@H](Cc1cnc[nH]1)NC(=O)[C@@H](NC(=O)[C@H](CC(C)C)NC(=O)[C@H](CS)NC(=O)CNC(=O)[C@H](CCCN=C(N)N)NC(=O)[C@@H](NC(=O)[C@H](CS)NC(=O)[C@H](CO)NC(=O)[C@H](Cc1ccccc1)NC(=O)[C@@H]1CCCN1C(=O)[C@@H](NC(=O)[C@@H]1CCCN1C(=O)[C@H](C)N)C(C)C)[C@@H](C)O)[C@@H](C)O)C(=O)N[C@H](C(=O)O)C(C)C. The number of aliphatic hydroxyl groups excluding tert-OH is 3. The van der Waals surface area contributed by atoms with Crippen molar-refractivity contribution in [1.82, 2.24) is 88.9 Å². The second-order valence-corrected chi connectivity index (χ2v) is 31.6. The van der Waals surface area contributed by atoms with E-state index in [0.717, 1.165) is 6.92 Å². The number of hydrogen-bond donors (Lipinski definition) is 23. The Kier molecular flexibility index (Phi) is 41.8. The summed E-state index contributed by atoms with van der Waals surface area (Å²) in [5.41, 5.74) is 17.8. The first-order chi connectivity index (χ1) is 55.5. The second-order valence-electron chi connectivity index (χ2n) is 30.9. The molecule has 0 radical (unpaired) electrons. The number of carbonyl (C=O) groups is 16. The second kappa shape index (κ2) is 49.2. The van der Waals surface area contributed by atoms with Crippen LogP contribution in [0.15, 0.2) is 47.8 Å². The number of aromatic nitrogens is 2. The Bertz CT molecular complexity index is 3780. The molecule has 15 amide bonds. The number of amides is 15. The summed E-state index contributed by atoms with van der Waals surface area (Å²) in [4.78, 5) is 235. The molecule has 3 heterocycles. The lowest BCUT2D eigenvalue weighted by Crippen LogP contribution is -2.62. The average molecular weight is 1700 g/mol. The van der Waals surface area contributed by atoms with Crippen molar-refractivity contribution in [2.45, 2.75) is 243 Å². The summed E-state index contributed by atoms with van der Waals surface area (Å²) >= 11 is 8.44. The summed E-state index contributed by atoms with van der Waals surface area (Å²) in [7, 11) is 0. The van der Waals surface area contributed by atoms with Crippen LogP contribution in [0.3, 0.4) is 0 Å². The largest absolute Gasteiger partial charge is 0.480 e. The number of nitrogens with two attached hydrogens (primary N) is 3. The topological polar surface area (TPSA) is 636 Å². The molecule has 0 bridgehead atoms. The highest BCUT2D eigenvalue weighted by Gasteiger charge is 2.44. The van der Waals surface area contributed by atoms with E-state index in [2.05, 4.69) is 109 Å². The molecule has 0 unspecified atom stereocenters. The maximum absolute atomic E-state index is 14.4. The van der Waals surface area contributed by atoms with Gasteiger partial charge < -0.3 is 122 Å². The van der Waals surface area contributed by atoms with E-state index in [1.807, 2.05) is 0 Å². The Labute approximate surface area is 696 Å². The number of H-pyrrole nitrogens is 1. The first-order valence-corrected chi connectivity index (χ1v) is 40.6. The third-order valence-corrected chi connectivity index (χ3v) is 20.1. The number of likely N-dealkylation sites (tertiary alicyclic amines) is 2. The molecule has 17 atom stereocenters. The van der Waals surface area contributed by atoms with Gasteiger partial charge in [-0.25, -0.2) is 9.78 Å². The van der Waals surface area contributed by atoms with Crippen LogP contribution in [0.1, 0.15) is 139 Å². The van der Waals surface area contributed by atoms with Gasteiger partial charge in [0.25, 0.3) is 0 Å². The van der Waals surface area contributed by atoms with Crippen molar-refractivity contribution in [1.29, 1.82) is 0 Å². The molecule has 43 heteroatoms. The third-order valence-electron chi connectivity index (χ3n) is 19.3. The fraction of sp³-hybridized carbons (Fsp3) is 0.653. The van der Waals surface area contributed by atoms with Crippen LogP contribution >= 0.6 is 25.3 Å². The maximum atomic E-state index is 14.4. The average Bonchev–Trinajstić information content (AvgIpc) is 1.61. The number of aliphatic hydroxyl groups is 3. The number of carboxylic acids is 1. The number of thiol groups is 2. The predicted molar refractivity (Wildman–Crippen MR) is 436 cm³/mol. The number of aliphatic imine (C=N–C) groups is 1. The minimum atomic E-state index is -1.89. The molecule has 1 aromatic carbocycles. The lowest BCUT2D eigenvalue weighted by molar-refractivity contribution is -0.144. The van der Waals surface area contributed by atoms with Crippen LogP contribution in [-0.2, 0) is 89.6 Å². The van der Waals surface area contributed by atoms with Crippen LogP contribution in [-0.4, -0.2) is 288 Å². The van der Waals surface area contributed by atoms with Crippen molar-refractivity contribution in [3.8, 4) is 0 Å². The molecule has 2 saturated heterocycles. The van der Waals surface area contributed by atoms with Gasteiger partial charge in [0.1, 0.15) is 84.6 Å². The summed E-state index contributed by atoms with van der Waals surface area (Å²) in [6.45, 7) is 15.7. The van der Waals surface area contributed by atoms with Crippen LogP contribution in [0.2, 0.25) is 0 Å². The molecule has 4 rings (SSSR count). The zero-order chi connectivity index (χ0) is 88.5. The minimum Gasteiger partial charge on any atom is -0.480 e. The van der Waals surface area contributed by atoms with Crippen molar-refractivity contribution in [3.05, 3.63) is 54.1 Å². The number of hydrogen-bond acceptors (Lipinski definition) is 24. The van der Waals surface area contributed by atoms with Crippen molar-refractivity contribution < 1.29 is 97.1 Å². The van der Waals surface area contributed by atoms with E-state index in [1.165, 1.54) is 36.2 Å². The smallest absolute Gasteiger partial charge is 0.326 e. The van der Waals surface area contributed by atoms with Crippen molar-refractivity contribution in [3.63, 3.8) is 0 Å². The van der Waals surface area contributed by atoms with Gasteiger partial charge in [-0.15, -0.1) is 0 Å². The van der Waals surface area contributed by atoms with Gasteiger partial charge in [-0.2, -0.15) is 25.3 Å². The van der Waals surface area contributed by atoms with E-state index < -0.39 is 234 Å². The minimum absolute atomic E-state index is 0.00418. The Morgan fingerprint density at radius 3 is 1.41 bits per heavy atom. The van der Waals surface area contributed by atoms with Crippen molar-refractivity contribution >= 4 is 126 Å². The molecule has 0 saturated carbocycles. The Morgan fingerprint density at radius 2 is 0.949 bits per heavy atom. The Balaban J connectivity index is 1.45. The van der Waals surface area contributed by atoms with Gasteiger partial charge in [0.2, 0.25) is 88.6 Å². The van der Waals surface area contributed by atoms with Crippen molar-refractivity contribution in [2.24, 2.45) is 45.9 Å². The zero-order valence-electron chi connectivity index (χ0n) is 68.4. The molecule has 2 aliphatic rings. The van der Waals surface area contributed by atoms with Gasteiger partial charge in [0.05, 0.1) is 37.7 Å². The monoisotopic (exact) mass is 1700 g/mol. The van der Waals surface area contributed by atoms with Crippen LogP contribution in [0.4, 0.5) is 0 Å². The lowest BCUT2D eigenvalue weighted by atomic mass is 9.99. The first kappa shape index (κ1) is 100. The lowest BCUT2D eigenvalue weighted by Gasteiger charge is -2.33. The van der Waals surface area contributed by atoms with E-state index in [0.29, 0.717) is 37.1 Å². The summed E-state index contributed by atoms with van der Waals surface area (Å²) in [6.07, 6.45) is 0.0382. The molecule has 41 nitrogen and oxygen atoms in total. The number of guanidine groups is 1. The highest BCUT2D eigenvalue weighted by atomic mass is 32.1. The summed E-state index contributed by atoms with van der Waals surface area (Å²) in [5, 5.41) is 74.5. The van der Waals surface area contributed by atoms with Crippen molar-refractivity contribution in [2.75, 3.05) is 44.3 Å². The fourth-order valence-corrected chi connectivity index (χ4v) is 13.5. The molecule has 24 N–H and O–H groups in total. The summed E-state index contributed by atoms with van der Waals surface area (Å²) < 4.78 is 0. The number of aliphatic carboxylic acids is 1. The molecule has 2 aromatic rings. The van der Waals surface area contributed by atoms with Crippen LogP contribution in [0.25, 0.3) is 0 Å². The van der Waals surface area contributed by atoms with Crippen LogP contribution < -0.4 is 86.3 Å². The van der Waals surface area contributed by atoms with E-state index in [1.54, 1.807) is 85.7 Å². The fourth-order valence-electron chi connectivity index (χ4n) is 13.0. The normalized spacial score (nSPS) is 17.8. The molecule has 1 aromatic heterocycles. The highest BCUT2D eigenvalue weighted by Crippen LogP contribution is 2.24.